The molecule has 0 spiro atoms. The Hall–Kier alpha value is -0.540. The van der Waals surface area contributed by atoms with Crippen molar-refractivity contribution in [2.24, 2.45) is 0 Å². The third-order valence-corrected chi connectivity index (χ3v) is 2.96. The lowest BCUT2D eigenvalue weighted by atomic mass is 10.1. The summed E-state index contributed by atoms with van der Waals surface area (Å²) in [5.74, 6) is -0.0556. The van der Waals surface area contributed by atoms with Gasteiger partial charge in [-0.2, -0.15) is 0 Å². The van der Waals surface area contributed by atoms with Crippen LogP contribution in [0.5, 0.6) is 0 Å². The van der Waals surface area contributed by atoms with Crippen molar-refractivity contribution in [3.05, 3.63) is 34.9 Å². The fourth-order valence-electron chi connectivity index (χ4n) is 1.27. The predicted octanol–water partition coefficient (Wildman–Crippen LogP) is 3.69. The maximum absolute atomic E-state index is 11.8. The first-order valence-corrected chi connectivity index (χ1v) is 6.24. The number of nitrogens with one attached hydrogen (secondary N) is 1. The van der Waals surface area contributed by atoms with E-state index in [0.29, 0.717) is 5.02 Å². The van der Waals surface area contributed by atoms with E-state index in [2.05, 4.69) is 21.2 Å². The summed E-state index contributed by atoms with van der Waals surface area (Å²) in [5.41, 5.74) is 0.925. The highest BCUT2D eigenvalue weighted by Gasteiger charge is 2.25. The number of halogens is 2. The SMILES string of the molecule is C[C@H](NC(=O)C(C)(C)Br)c1ccccc1Cl. The second-order valence-corrected chi connectivity index (χ2v) is 6.58. The average molecular weight is 305 g/mol. The van der Waals surface area contributed by atoms with Gasteiger partial charge in [-0.15, -0.1) is 0 Å². The molecule has 0 aliphatic heterocycles. The van der Waals surface area contributed by atoms with Crippen LogP contribution in [0, 0.1) is 0 Å². The van der Waals surface area contributed by atoms with Crippen LogP contribution in [0.4, 0.5) is 0 Å². The maximum Gasteiger partial charge on any atom is 0.236 e. The molecule has 0 saturated carbocycles. The molecule has 0 unspecified atom stereocenters. The zero-order valence-electron chi connectivity index (χ0n) is 9.55. The van der Waals surface area contributed by atoms with E-state index in [0.717, 1.165) is 5.56 Å². The summed E-state index contributed by atoms with van der Waals surface area (Å²) in [6.07, 6.45) is 0. The number of rotatable bonds is 3. The molecule has 4 heteroatoms. The van der Waals surface area contributed by atoms with Gasteiger partial charge < -0.3 is 5.32 Å². The van der Waals surface area contributed by atoms with Crippen molar-refractivity contribution in [1.29, 1.82) is 0 Å². The minimum absolute atomic E-state index is 0.0556. The molecule has 2 nitrogen and oxygen atoms in total. The molecular formula is C12H15BrClNO. The van der Waals surface area contributed by atoms with Gasteiger partial charge in [0.05, 0.1) is 10.4 Å². The Morgan fingerprint density at radius 2 is 2.00 bits per heavy atom. The molecule has 88 valence electrons. The molecule has 1 amide bonds. The summed E-state index contributed by atoms with van der Waals surface area (Å²) in [5, 5.41) is 3.58. The monoisotopic (exact) mass is 303 g/mol. The van der Waals surface area contributed by atoms with Crippen molar-refractivity contribution in [2.45, 2.75) is 31.1 Å². The number of carbonyl (C=O) groups is 1. The summed E-state index contributed by atoms with van der Waals surface area (Å²) >= 11 is 9.37. The van der Waals surface area contributed by atoms with Gasteiger partial charge in [-0.25, -0.2) is 0 Å². The molecule has 1 N–H and O–H groups in total. The van der Waals surface area contributed by atoms with E-state index in [4.69, 9.17) is 11.6 Å². The molecular weight excluding hydrogens is 289 g/mol. The maximum atomic E-state index is 11.8. The van der Waals surface area contributed by atoms with E-state index in [1.54, 1.807) is 0 Å². The number of hydrogen-bond acceptors (Lipinski definition) is 1. The van der Waals surface area contributed by atoms with E-state index in [1.165, 1.54) is 0 Å². The molecule has 0 aliphatic rings. The average Bonchev–Trinajstić information content (AvgIpc) is 2.16. The van der Waals surface area contributed by atoms with Crippen LogP contribution >= 0.6 is 27.5 Å². The Labute approximate surface area is 110 Å². The molecule has 1 aromatic carbocycles. The molecule has 0 saturated heterocycles. The Kier molecular flexibility index (Phi) is 4.39. The van der Waals surface area contributed by atoms with Gasteiger partial charge in [-0.05, 0) is 32.4 Å². The van der Waals surface area contributed by atoms with E-state index < -0.39 is 4.32 Å². The standard InChI is InChI=1S/C12H15BrClNO/c1-8(15-11(16)12(2,3)13)9-6-4-5-7-10(9)14/h4-8H,1-3H3,(H,15,16)/t8-/m0/s1. The van der Waals surface area contributed by atoms with Crippen molar-refractivity contribution in [3.63, 3.8) is 0 Å². The van der Waals surface area contributed by atoms with Crippen LogP contribution in [0.2, 0.25) is 5.02 Å². The Balaban J connectivity index is 2.78. The lowest BCUT2D eigenvalue weighted by Crippen LogP contribution is -2.38. The van der Waals surface area contributed by atoms with Crippen LogP contribution in [0.1, 0.15) is 32.4 Å². The highest BCUT2D eigenvalue weighted by atomic mass is 79.9. The van der Waals surface area contributed by atoms with Crippen LogP contribution in [0.15, 0.2) is 24.3 Å². The summed E-state index contributed by atoms with van der Waals surface area (Å²) in [6.45, 7) is 5.53. The molecule has 0 radical (unpaired) electrons. The molecule has 1 rings (SSSR count). The molecule has 0 bridgehead atoms. The largest absolute Gasteiger partial charge is 0.348 e. The number of benzene rings is 1. The highest BCUT2D eigenvalue weighted by molar-refractivity contribution is 9.10. The molecule has 0 aliphatic carbocycles. The first-order valence-electron chi connectivity index (χ1n) is 5.06. The summed E-state index contributed by atoms with van der Waals surface area (Å²) in [4.78, 5) is 11.8. The van der Waals surface area contributed by atoms with Gasteiger partial charge in [-0.3, -0.25) is 4.79 Å². The van der Waals surface area contributed by atoms with Crippen molar-refractivity contribution in [2.75, 3.05) is 0 Å². The van der Waals surface area contributed by atoms with E-state index >= 15 is 0 Å². The van der Waals surface area contributed by atoms with Crippen LogP contribution in [0.3, 0.4) is 0 Å². The van der Waals surface area contributed by atoms with Gasteiger partial charge >= 0.3 is 0 Å². The van der Waals surface area contributed by atoms with Crippen molar-refractivity contribution >= 4 is 33.4 Å². The zero-order valence-corrected chi connectivity index (χ0v) is 11.9. The number of alkyl halides is 1. The minimum Gasteiger partial charge on any atom is -0.348 e. The fraction of sp³-hybridized carbons (Fsp3) is 0.417. The first-order chi connectivity index (χ1) is 7.32. The third kappa shape index (κ3) is 3.49. The molecule has 1 atom stereocenters. The fourth-order valence-corrected chi connectivity index (χ4v) is 1.69. The van der Waals surface area contributed by atoms with E-state index in [-0.39, 0.29) is 11.9 Å². The minimum atomic E-state index is -0.567. The Morgan fingerprint density at radius 3 is 2.50 bits per heavy atom. The molecule has 16 heavy (non-hydrogen) atoms. The van der Waals surface area contributed by atoms with Crippen molar-refractivity contribution in [1.82, 2.24) is 5.32 Å². The van der Waals surface area contributed by atoms with Gasteiger partial charge in [0.2, 0.25) is 5.91 Å². The number of amides is 1. The molecule has 0 fully saturated rings. The van der Waals surface area contributed by atoms with E-state index in [9.17, 15) is 4.79 Å². The quantitative estimate of drug-likeness (QED) is 0.848. The second-order valence-electron chi connectivity index (χ2n) is 4.19. The topological polar surface area (TPSA) is 29.1 Å². The number of hydrogen-bond donors (Lipinski definition) is 1. The Morgan fingerprint density at radius 1 is 1.44 bits per heavy atom. The van der Waals surface area contributed by atoms with Crippen LogP contribution in [-0.4, -0.2) is 10.2 Å². The van der Waals surface area contributed by atoms with Crippen LogP contribution in [0.25, 0.3) is 0 Å². The van der Waals surface area contributed by atoms with Gasteiger partial charge in [-0.1, -0.05) is 45.7 Å². The smallest absolute Gasteiger partial charge is 0.236 e. The zero-order chi connectivity index (χ0) is 12.3. The summed E-state index contributed by atoms with van der Waals surface area (Å²) in [7, 11) is 0. The first kappa shape index (κ1) is 13.5. The lowest BCUT2D eigenvalue weighted by molar-refractivity contribution is -0.123. The van der Waals surface area contributed by atoms with Gasteiger partial charge in [0.15, 0.2) is 0 Å². The normalized spacial score (nSPS) is 13.3. The van der Waals surface area contributed by atoms with Crippen molar-refractivity contribution in [3.8, 4) is 0 Å². The van der Waals surface area contributed by atoms with Crippen LogP contribution in [-0.2, 0) is 4.79 Å². The summed E-state index contributed by atoms with van der Waals surface area (Å²) < 4.78 is -0.567. The van der Waals surface area contributed by atoms with Gasteiger partial charge in [0.1, 0.15) is 0 Å². The number of carbonyl (C=O) groups excluding carboxylic acids is 1. The molecule has 1 aromatic rings. The van der Waals surface area contributed by atoms with E-state index in [1.807, 2.05) is 45.0 Å². The van der Waals surface area contributed by atoms with Crippen LogP contribution < -0.4 is 5.32 Å². The van der Waals surface area contributed by atoms with Crippen molar-refractivity contribution < 1.29 is 4.79 Å². The third-order valence-electron chi connectivity index (χ3n) is 2.26. The summed E-state index contributed by atoms with van der Waals surface area (Å²) in [6, 6.07) is 7.41. The predicted molar refractivity (Wildman–Crippen MR) is 71.0 cm³/mol. The molecule has 0 aromatic heterocycles. The van der Waals surface area contributed by atoms with Gasteiger partial charge in [0, 0.05) is 5.02 Å². The van der Waals surface area contributed by atoms with Gasteiger partial charge in [0.25, 0.3) is 0 Å². The Bertz CT molecular complexity index is 387. The highest BCUT2D eigenvalue weighted by Crippen LogP contribution is 2.24. The molecule has 0 heterocycles. The lowest BCUT2D eigenvalue weighted by Gasteiger charge is -2.21. The second kappa shape index (κ2) is 5.19.